The first-order valence-electron chi connectivity index (χ1n) is 10.4. The molecule has 0 spiro atoms. The first-order valence-corrected chi connectivity index (χ1v) is 10.4. The lowest BCUT2D eigenvalue weighted by atomic mass is 9.92. The highest BCUT2D eigenvalue weighted by atomic mass is 19.1. The molecule has 0 unspecified atom stereocenters. The van der Waals surface area contributed by atoms with Crippen LogP contribution in [-0.4, -0.2) is 20.6 Å². The zero-order chi connectivity index (χ0) is 22.5. The monoisotopic (exact) mass is 435 g/mol. The molecule has 0 radical (unpaired) electrons. The van der Waals surface area contributed by atoms with E-state index in [9.17, 15) is 9.18 Å². The van der Waals surface area contributed by atoms with Gasteiger partial charge in [0.2, 0.25) is 5.75 Å². The van der Waals surface area contributed by atoms with E-state index in [1.165, 1.54) is 22.9 Å². The number of hydrogen-bond donors (Lipinski definition) is 0. The fourth-order valence-corrected chi connectivity index (χ4v) is 3.90. The summed E-state index contributed by atoms with van der Waals surface area (Å²) < 4.78 is 32.9. The number of benzene rings is 2. The molecule has 0 fully saturated rings. The van der Waals surface area contributed by atoms with Crippen molar-refractivity contribution in [2.24, 2.45) is 0 Å². The van der Waals surface area contributed by atoms with Crippen LogP contribution in [0.15, 0.2) is 51.8 Å². The molecule has 0 atom stereocenters. The van der Waals surface area contributed by atoms with E-state index in [-0.39, 0.29) is 18.0 Å². The highest BCUT2D eigenvalue weighted by molar-refractivity contribution is 5.89. The highest BCUT2D eigenvalue weighted by Crippen LogP contribution is 2.45. The molecular weight excluding hydrogens is 413 g/mol. The van der Waals surface area contributed by atoms with Crippen molar-refractivity contribution in [3.8, 4) is 17.2 Å². The lowest BCUT2D eigenvalue weighted by molar-refractivity contribution is 0.0787. The predicted molar refractivity (Wildman–Crippen MR) is 116 cm³/mol. The molecule has 164 valence electrons. The van der Waals surface area contributed by atoms with Crippen LogP contribution in [0.5, 0.6) is 11.5 Å². The van der Waals surface area contributed by atoms with Crippen LogP contribution < -0.4 is 15.1 Å². The molecule has 0 aliphatic carbocycles. The van der Waals surface area contributed by atoms with Crippen molar-refractivity contribution < 1.29 is 18.3 Å². The normalized spacial score (nSPS) is 14.8. The number of rotatable bonds is 4. The Labute approximate surface area is 183 Å². The molecular formula is C24H22FN3O4. The first-order chi connectivity index (χ1) is 15.3. The second-order valence-electron chi connectivity index (χ2n) is 8.60. The molecule has 3 heterocycles. The second-order valence-corrected chi connectivity index (χ2v) is 8.60. The van der Waals surface area contributed by atoms with Crippen LogP contribution >= 0.6 is 0 Å². The van der Waals surface area contributed by atoms with Crippen LogP contribution in [-0.2, 0) is 13.0 Å². The third-order valence-corrected chi connectivity index (χ3v) is 5.58. The fourth-order valence-electron chi connectivity index (χ4n) is 3.90. The first kappa shape index (κ1) is 20.2. The molecule has 7 nitrogen and oxygen atoms in total. The zero-order valence-electron chi connectivity index (χ0n) is 18.0. The summed E-state index contributed by atoms with van der Waals surface area (Å²) in [6.07, 6.45) is 3.35. The Morgan fingerprint density at radius 1 is 1.25 bits per heavy atom. The van der Waals surface area contributed by atoms with Gasteiger partial charge in [0.05, 0.1) is 11.9 Å². The minimum Gasteiger partial charge on any atom is -0.484 e. The standard InChI is InChI=1S/C24H22FN3O4/c1-14-9-20(29)31-22-19(14)10-15-7-8-24(2,3)32-21(15)23(22)30-13-17-12-28(27-26-17)18-6-4-5-16(25)11-18/h4-6,9-12H,7-8,13H2,1-3H3. The van der Waals surface area contributed by atoms with Crippen LogP contribution in [0.3, 0.4) is 0 Å². The maximum absolute atomic E-state index is 13.5. The average molecular weight is 435 g/mol. The van der Waals surface area contributed by atoms with Gasteiger partial charge in [-0.15, -0.1) is 5.10 Å². The lowest BCUT2D eigenvalue weighted by Crippen LogP contribution is -2.32. The topological polar surface area (TPSA) is 79.4 Å². The van der Waals surface area contributed by atoms with E-state index >= 15 is 0 Å². The van der Waals surface area contributed by atoms with Crippen molar-refractivity contribution in [1.29, 1.82) is 0 Å². The number of aryl methyl sites for hydroxylation is 2. The molecule has 0 saturated carbocycles. The number of aromatic nitrogens is 3. The summed E-state index contributed by atoms with van der Waals surface area (Å²) in [7, 11) is 0. The molecule has 0 N–H and O–H groups in total. The van der Waals surface area contributed by atoms with Gasteiger partial charge in [-0.05, 0) is 69.0 Å². The molecule has 2 aromatic carbocycles. The van der Waals surface area contributed by atoms with Crippen LogP contribution in [0.1, 0.15) is 37.1 Å². The smallest absolute Gasteiger partial charge is 0.336 e. The van der Waals surface area contributed by atoms with Crippen molar-refractivity contribution in [2.45, 2.75) is 45.8 Å². The third kappa shape index (κ3) is 3.72. The van der Waals surface area contributed by atoms with Gasteiger partial charge < -0.3 is 13.9 Å². The van der Waals surface area contributed by atoms with E-state index in [0.717, 1.165) is 29.4 Å². The van der Waals surface area contributed by atoms with Crippen molar-refractivity contribution in [2.75, 3.05) is 0 Å². The van der Waals surface area contributed by atoms with Crippen LogP contribution in [0.25, 0.3) is 16.7 Å². The van der Waals surface area contributed by atoms with Crippen LogP contribution in [0.4, 0.5) is 4.39 Å². The SMILES string of the molecule is Cc1cc(=O)oc2c(OCc3cn(-c4cccc(F)c4)nn3)c3c(cc12)CCC(C)(C)O3. The number of hydrogen-bond acceptors (Lipinski definition) is 6. The van der Waals surface area contributed by atoms with Gasteiger partial charge in [0.1, 0.15) is 23.7 Å². The van der Waals surface area contributed by atoms with Crippen LogP contribution in [0, 0.1) is 12.7 Å². The lowest BCUT2D eigenvalue weighted by Gasteiger charge is -2.33. The Balaban J connectivity index is 1.53. The van der Waals surface area contributed by atoms with Gasteiger partial charge in [0.15, 0.2) is 11.3 Å². The molecule has 0 saturated heterocycles. The van der Waals surface area contributed by atoms with E-state index < -0.39 is 5.63 Å². The minimum atomic E-state index is -0.452. The average Bonchev–Trinajstić information content (AvgIpc) is 3.20. The largest absolute Gasteiger partial charge is 0.484 e. The minimum absolute atomic E-state index is 0.0717. The van der Waals surface area contributed by atoms with Crippen molar-refractivity contribution in [1.82, 2.24) is 15.0 Å². The summed E-state index contributed by atoms with van der Waals surface area (Å²) in [4.78, 5) is 12.1. The maximum atomic E-state index is 13.5. The molecule has 4 aromatic rings. The van der Waals surface area contributed by atoms with Gasteiger partial charge in [0.25, 0.3) is 0 Å². The molecule has 0 amide bonds. The Bertz CT molecular complexity index is 1390. The van der Waals surface area contributed by atoms with E-state index in [1.807, 2.05) is 26.8 Å². The van der Waals surface area contributed by atoms with Crippen molar-refractivity contribution in [3.63, 3.8) is 0 Å². The number of ether oxygens (including phenoxy) is 2. The molecule has 8 heteroatoms. The Morgan fingerprint density at radius 3 is 2.91 bits per heavy atom. The van der Waals surface area contributed by atoms with Gasteiger partial charge >= 0.3 is 5.63 Å². The summed E-state index contributed by atoms with van der Waals surface area (Å²) in [5, 5.41) is 8.99. The molecule has 0 bridgehead atoms. The van der Waals surface area contributed by atoms with Gasteiger partial charge in [-0.25, -0.2) is 13.9 Å². The summed E-state index contributed by atoms with van der Waals surface area (Å²) in [6.45, 7) is 5.97. The predicted octanol–water partition coefficient (Wildman–Crippen LogP) is 4.50. The van der Waals surface area contributed by atoms with E-state index in [1.54, 1.807) is 18.3 Å². The summed E-state index contributed by atoms with van der Waals surface area (Å²) in [5.41, 5.74) is 2.43. The van der Waals surface area contributed by atoms with E-state index in [0.29, 0.717) is 28.5 Å². The fraction of sp³-hybridized carbons (Fsp3) is 0.292. The molecule has 5 rings (SSSR count). The quantitative estimate of drug-likeness (QED) is 0.439. The summed E-state index contributed by atoms with van der Waals surface area (Å²) in [5.74, 6) is 0.606. The third-order valence-electron chi connectivity index (χ3n) is 5.58. The number of halogens is 1. The molecule has 2 aromatic heterocycles. The summed E-state index contributed by atoms with van der Waals surface area (Å²) >= 11 is 0. The second kappa shape index (κ2) is 7.47. The maximum Gasteiger partial charge on any atom is 0.336 e. The van der Waals surface area contributed by atoms with Gasteiger partial charge in [-0.2, -0.15) is 0 Å². The van der Waals surface area contributed by atoms with Crippen molar-refractivity contribution >= 4 is 11.0 Å². The van der Waals surface area contributed by atoms with Crippen LogP contribution in [0.2, 0.25) is 0 Å². The number of nitrogens with zero attached hydrogens (tertiary/aromatic N) is 3. The molecule has 32 heavy (non-hydrogen) atoms. The van der Waals surface area contributed by atoms with Gasteiger partial charge in [-0.1, -0.05) is 11.3 Å². The Hall–Kier alpha value is -3.68. The Kier molecular flexibility index (Phi) is 4.73. The van der Waals surface area contributed by atoms with E-state index in [4.69, 9.17) is 13.9 Å². The van der Waals surface area contributed by atoms with E-state index in [2.05, 4.69) is 10.3 Å². The highest BCUT2D eigenvalue weighted by Gasteiger charge is 2.31. The number of fused-ring (bicyclic) bond motifs is 2. The zero-order valence-corrected chi connectivity index (χ0v) is 18.0. The summed E-state index contributed by atoms with van der Waals surface area (Å²) in [6, 6.07) is 9.55. The molecule has 1 aliphatic rings. The van der Waals surface area contributed by atoms with Gasteiger partial charge in [-0.3, -0.25) is 0 Å². The van der Waals surface area contributed by atoms with Gasteiger partial charge in [0, 0.05) is 11.5 Å². The molecule has 1 aliphatic heterocycles. The van der Waals surface area contributed by atoms with Crippen molar-refractivity contribution in [3.05, 3.63) is 75.7 Å². The Morgan fingerprint density at radius 2 is 2.09 bits per heavy atom.